The second-order valence-electron chi connectivity index (χ2n) is 3.20. The van der Waals surface area contributed by atoms with Gasteiger partial charge in [0.1, 0.15) is 6.10 Å². The van der Waals surface area contributed by atoms with Crippen LogP contribution in [0.25, 0.3) is 0 Å². The first kappa shape index (κ1) is 9.88. The molecule has 1 saturated carbocycles. The normalized spacial score (nSPS) is 44.8. The van der Waals surface area contributed by atoms with Crippen molar-refractivity contribution in [2.45, 2.75) is 30.8 Å². The van der Waals surface area contributed by atoms with Crippen molar-refractivity contribution in [3.05, 3.63) is 0 Å². The highest BCUT2D eigenvalue weighted by atomic mass is 16.4. The molecule has 0 amide bonds. The molecule has 0 saturated heterocycles. The molecule has 1 aliphatic rings. The van der Waals surface area contributed by atoms with Crippen molar-refractivity contribution in [1.82, 2.24) is 0 Å². The van der Waals surface area contributed by atoms with Crippen LogP contribution in [0.15, 0.2) is 0 Å². The van der Waals surface area contributed by atoms with Crippen LogP contribution in [0, 0.1) is 5.92 Å². The first-order valence-electron chi connectivity index (χ1n) is 3.91. The molecule has 0 unspecified atom stereocenters. The van der Waals surface area contributed by atoms with E-state index in [-0.39, 0.29) is 6.42 Å². The van der Waals surface area contributed by atoms with Gasteiger partial charge in [-0.1, -0.05) is 0 Å². The van der Waals surface area contributed by atoms with E-state index in [4.69, 9.17) is 20.4 Å². The highest BCUT2D eigenvalue weighted by Crippen LogP contribution is 2.29. The van der Waals surface area contributed by atoms with Crippen LogP contribution in [0.4, 0.5) is 0 Å². The van der Waals surface area contributed by atoms with Crippen LogP contribution in [0.5, 0.6) is 0 Å². The highest BCUT2D eigenvalue weighted by molar-refractivity contribution is 4.93. The third-order valence-electron chi connectivity index (χ3n) is 2.38. The third kappa shape index (κ3) is 1.60. The molecule has 5 nitrogen and oxygen atoms in total. The molecule has 0 radical (unpaired) electrons. The second-order valence-corrected chi connectivity index (χ2v) is 3.20. The first-order chi connectivity index (χ1) is 5.57. The molecule has 5 heteroatoms. The Kier molecular flexibility index (Phi) is 3.03. The zero-order chi connectivity index (χ0) is 9.30. The van der Waals surface area contributed by atoms with Gasteiger partial charge in [0.25, 0.3) is 0 Å². The maximum Gasteiger partial charge on any atom is 0.106 e. The average molecular weight is 178 g/mol. The first-order valence-corrected chi connectivity index (χ1v) is 3.91. The van der Waals surface area contributed by atoms with Gasteiger partial charge in [-0.15, -0.1) is 0 Å². The fourth-order valence-electron chi connectivity index (χ4n) is 1.56. The lowest BCUT2D eigenvalue weighted by Crippen LogP contribution is -2.35. The number of aliphatic hydroxyl groups excluding tert-OH is 5. The third-order valence-corrected chi connectivity index (χ3v) is 2.38. The van der Waals surface area contributed by atoms with E-state index in [2.05, 4.69) is 0 Å². The molecule has 12 heavy (non-hydrogen) atoms. The van der Waals surface area contributed by atoms with E-state index in [9.17, 15) is 5.11 Å². The van der Waals surface area contributed by atoms with Crippen molar-refractivity contribution >= 4 is 0 Å². The zero-order valence-corrected chi connectivity index (χ0v) is 6.54. The molecule has 72 valence electrons. The molecule has 1 rings (SSSR count). The van der Waals surface area contributed by atoms with E-state index in [1.54, 1.807) is 0 Å². The largest absolute Gasteiger partial charge is 0.394 e. The Morgan fingerprint density at radius 3 is 2.08 bits per heavy atom. The quantitative estimate of drug-likeness (QED) is 0.320. The van der Waals surface area contributed by atoms with Crippen LogP contribution in [-0.4, -0.2) is 56.6 Å². The standard InChI is InChI=1S/C7H14O5/c8-2-5(10)3-1-4(9)7(12)6(3)11/h3-12H,1-2H2/t3-,4+,5+,6-,7-/m0/s1. The highest BCUT2D eigenvalue weighted by Gasteiger charge is 2.43. The Bertz CT molecular complexity index is 151. The minimum Gasteiger partial charge on any atom is -0.394 e. The summed E-state index contributed by atoms with van der Waals surface area (Å²) in [7, 11) is 0. The lowest BCUT2D eigenvalue weighted by Gasteiger charge is -2.19. The minimum absolute atomic E-state index is 0.115. The van der Waals surface area contributed by atoms with Crippen LogP contribution in [-0.2, 0) is 0 Å². The van der Waals surface area contributed by atoms with Crippen LogP contribution in [0.3, 0.4) is 0 Å². The lowest BCUT2D eigenvalue weighted by molar-refractivity contribution is -0.0496. The number of hydrogen-bond acceptors (Lipinski definition) is 5. The molecular formula is C7H14O5. The summed E-state index contributed by atoms with van der Waals surface area (Å²) in [5.74, 6) is -0.639. The molecule has 0 aromatic carbocycles. The molecule has 0 aliphatic heterocycles. The molecule has 5 atom stereocenters. The van der Waals surface area contributed by atoms with Gasteiger partial charge < -0.3 is 25.5 Å². The van der Waals surface area contributed by atoms with Crippen molar-refractivity contribution in [3.8, 4) is 0 Å². The van der Waals surface area contributed by atoms with Crippen LogP contribution in [0.2, 0.25) is 0 Å². The molecule has 0 aromatic rings. The van der Waals surface area contributed by atoms with Gasteiger partial charge in [0.2, 0.25) is 0 Å². The van der Waals surface area contributed by atoms with E-state index >= 15 is 0 Å². The maximum absolute atomic E-state index is 9.25. The van der Waals surface area contributed by atoms with Crippen molar-refractivity contribution in [1.29, 1.82) is 0 Å². The van der Waals surface area contributed by atoms with Gasteiger partial charge >= 0.3 is 0 Å². The number of rotatable bonds is 2. The number of aliphatic hydroxyl groups is 5. The van der Waals surface area contributed by atoms with Crippen molar-refractivity contribution in [2.75, 3.05) is 6.61 Å². The summed E-state index contributed by atoms with van der Waals surface area (Å²) >= 11 is 0. The predicted molar refractivity (Wildman–Crippen MR) is 39.2 cm³/mol. The van der Waals surface area contributed by atoms with Gasteiger partial charge in [-0.3, -0.25) is 0 Å². The van der Waals surface area contributed by atoms with Crippen molar-refractivity contribution in [3.63, 3.8) is 0 Å². The summed E-state index contributed by atoms with van der Waals surface area (Å²) in [6.45, 7) is -0.471. The van der Waals surface area contributed by atoms with Gasteiger partial charge in [0, 0.05) is 5.92 Å². The second kappa shape index (κ2) is 3.68. The smallest absolute Gasteiger partial charge is 0.106 e. The van der Waals surface area contributed by atoms with Crippen LogP contribution in [0.1, 0.15) is 6.42 Å². The molecule has 1 aliphatic carbocycles. The average Bonchev–Trinajstić information content (AvgIpc) is 2.32. The number of hydrogen-bond donors (Lipinski definition) is 5. The fourth-order valence-corrected chi connectivity index (χ4v) is 1.56. The van der Waals surface area contributed by atoms with Gasteiger partial charge in [0.05, 0.1) is 24.9 Å². The Morgan fingerprint density at radius 2 is 1.75 bits per heavy atom. The van der Waals surface area contributed by atoms with Crippen LogP contribution < -0.4 is 0 Å². The monoisotopic (exact) mass is 178 g/mol. The molecule has 0 spiro atoms. The van der Waals surface area contributed by atoms with E-state index in [1.165, 1.54) is 0 Å². The minimum atomic E-state index is -1.21. The van der Waals surface area contributed by atoms with Crippen LogP contribution >= 0.6 is 0 Å². The zero-order valence-electron chi connectivity index (χ0n) is 6.54. The van der Waals surface area contributed by atoms with Gasteiger partial charge in [-0.05, 0) is 6.42 Å². The summed E-state index contributed by atoms with van der Waals surface area (Å²) in [6.07, 6.45) is -4.33. The van der Waals surface area contributed by atoms with Gasteiger partial charge in [-0.25, -0.2) is 0 Å². The van der Waals surface area contributed by atoms with Gasteiger partial charge in [0.15, 0.2) is 0 Å². The Hall–Kier alpha value is -0.200. The lowest BCUT2D eigenvalue weighted by atomic mass is 9.99. The SMILES string of the molecule is OC[C@@H](O)[C@@H]1C[C@@H](O)[C@H](O)[C@H]1O. The predicted octanol–water partition coefficient (Wildman–Crippen LogP) is -2.56. The van der Waals surface area contributed by atoms with E-state index in [0.717, 1.165) is 0 Å². The van der Waals surface area contributed by atoms with E-state index in [1.807, 2.05) is 0 Å². The maximum atomic E-state index is 9.25. The van der Waals surface area contributed by atoms with E-state index < -0.39 is 36.9 Å². The van der Waals surface area contributed by atoms with Crippen molar-refractivity contribution < 1.29 is 25.5 Å². The molecule has 5 N–H and O–H groups in total. The summed E-state index contributed by atoms with van der Waals surface area (Å²) in [5, 5.41) is 45.1. The molecule has 1 fully saturated rings. The summed E-state index contributed by atoms with van der Waals surface area (Å²) < 4.78 is 0. The summed E-state index contributed by atoms with van der Waals surface area (Å²) in [6, 6.07) is 0. The summed E-state index contributed by atoms with van der Waals surface area (Å²) in [5.41, 5.74) is 0. The van der Waals surface area contributed by atoms with E-state index in [0.29, 0.717) is 0 Å². The molecule has 0 heterocycles. The Balaban J connectivity index is 2.58. The topological polar surface area (TPSA) is 101 Å². The summed E-state index contributed by atoms with van der Waals surface area (Å²) in [4.78, 5) is 0. The molecular weight excluding hydrogens is 164 g/mol. The molecule has 0 aromatic heterocycles. The van der Waals surface area contributed by atoms with Crippen molar-refractivity contribution in [2.24, 2.45) is 5.92 Å². The Labute approximate surface area is 69.9 Å². The fraction of sp³-hybridized carbons (Fsp3) is 1.00. The van der Waals surface area contributed by atoms with Gasteiger partial charge in [-0.2, -0.15) is 0 Å². The molecule has 0 bridgehead atoms. The Morgan fingerprint density at radius 1 is 1.17 bits per heavy atom.